The van der Waals surface area contributed by atoms with Gasteiger partial charge in [-0.15, -0.1) is 13.2 Å². The molecule has 0 aliphatic heterocycles. The number of carbonyl (C=O) groups excluding carboxylic acids is 1. The molecule has 0 aromatic heterocycles. The molecule has 0 radical (unpaired) electrons. The Kier molecular flexibility index (Phi) is 3.99. The summed E-state index contributed by atoms with van der Waals surface area (Å²) in [6.07, 6.45) is -4.16. The minimum atomic E-state index is -4.76. The van der Waals surface area contributed by atoms with Crippen molar-refractivity contribution in [1.82, 2.24) is 0 Å². The molecule has 0 aliphatic rings. The molecule has 104 valence electrons. The molecule has 0 amide bonds. The van der Waals surface area contributed by atoms with Crippen LogP contribution in [0, 0.1) is 0 Å². The zero-order valence-electron chi connectivity index (χ0n) is 9.95. The van der Waals surface area contributed by atoms with Crippen molar-refractivity contribution in [2.24, 2.45) is 0 Å². The molecule has 0 aliphatic carbocycles. The lowest BCUT2D eigenvalue weighted by molar-refractivity contribution is -0.274. The van der Waals surface area contributed by atoms with Crippen LogP contribution in [0.15, 0.2) is 42.5 Å². The van der Waals surface area contributed by atoms with Crippen LogP contribution >= 0.6 is 11.6 Å². The minimum absolute atomic E-state index is 0.293. The number of benzene rings is 2. The lowest BCUT2D eigenvalue weighted by atomic mass is 10.0. The van der Waals surface area contributed by atoms with Crippen LogP contribution < -0.4 is 4.74 Å². The molecular formula is C14H8ClF3O2. The third kappa shape index (κ3) is 3.51. The van der Waals surface area contributed by atoms with Crippen LogP contribution in [0.4, 0.5) is 13.2 Å². The summed E-state index contributed by atoms with van der Waals surface area (Å²) in [5.41, 5.74) is 1.21. The molecule has 2 aromatic rings. The summed E-state index contributed by atoms with van der Waals surface area (Å²) in [5.74, 6) is -0.346. The highest BCUT2D eigenvalue weighted by atomic mass is 35.5. The lowest BCUT2D eigenvalue weighted by Gasteiger charge is -2.11. The lowest BCUT2D eigenvalue weighted by Crippen LogP contribution is -2.17. The molecule has 0 N–H and O–H groups in total. The average molecular weight is 301 g/mol. The Morgan fingerprint density at radius 1 is 1.10 bits per heavy atom. The van der Waals surface area contributed by atoms with Crippen LogP contribution in [0.3, 0.4) is 0 Å². The summed E-state index contributed by atoms with van der Waals surface area (Å²) in [4.78, 5) is 11.0. The standard InChI is InChI=1S/C14H8ClF3O2/c15-11-4-5-13(10(6-11)8-19)9-2-1-3-12(7-9)20-14(16,17)18/h1-8H. The smallest absolute Gasteiger partial charge is 0.406 e. The van der Waals surface area contributed by atoms with Crippen molar-refractivity contribution in [3.05, 3.63) is 53.1 Å². The molecule has 0 fully saturated rings. The maximum absolute atomic E-state index is 12.2. The number of hydrogen-bond acceptors (Lipinski definition) is 2. The second-order valence-corrected chi connectivity index (χ2v) is 4.36. The Morgan fingerprint density at radius 2 is 1.85 bits per heavy atom. The van der Waals surface area contributed by atoms with Crippen molar-refractivity contribution in [3.63, 3.8) is 0 Å². The summed E-state index contributed by atoms with van der Waals surface area (Å²) < 4.78 is 40.4. The fraction of sp³-hybridized carbons (Fsp3) is 0.0714. The largest absolute Gasteiger partial charge is 0.573 e. The monoisotopic (exact) mass is 300 g/mol. The van der Waals surface area contributed by atoms with Crippen molar-refractivity contribution in [2.75, 3.05) is 0 Å². The Morgan fingerprint density at radius 3 is 2.50 bits per heavy atom. The predicted molar refractivity (Wildman–Crippen MR) is 69.0 cm³/mol. The van der Waals surface area contributed by atoms with E-state index in [1.54, 1.807) is 18.2 Å². The van der Waals surface area contributed by atoms with E-state index >= 15 is 0 Å². The van der Waals surface area contributed by atoms with Gasteiger partial charge in [-0.1, -0.05) is 29.8 Å². The van der Waals surface area contributed by atoms with Gasteiger partial charge >= 0.3 is 6.36 Å². The van der Waals surface area contributed by atoms with Crippen LogP contribution in [-0.4, -0.2) is 12.6 Å². The maximum Gasteiger partial charge on any atom is 0.573 e. The minimum Gasteiger partial charge on any atom is -0.406 e. The Labute approximate surface area is 117 Å². The maximum atomic E-state index is 12.2. The second kappa shape index (κ2) is 5.54. The van der Waals surface area contributed by atoms with E-state index in [1.165, 1.54) is 24.3 Å². The molecule has 0 saturated carbocycles. The number of rotatable bonds is 3. The van der Waals surface area contributed by atoms with Crippen LogP contribution in [0.5, 0.6) is 5.75 Å². The highest BCUT2D eigenvalue weighted by Crippen LogP contribution is 2.30. The van der Waals surface area contributed by atoms with E-state index in [4.69, 9.17) is 11.6 Å². The molecule has 0 heterocycles. The zero-order valence-corrected chi connectivity index (χ0v) is 10.7. The number of alkyl halides is 3. The van der Waals surface area contributed by atoms with Crippen molar-refractivity contribution in [1.29, 1.82) is 0 Å². The summed E-state index contributed by atoms with van der Waals surface area (Å²) >= 11 is 5.77. The predicted octanol–water partition coefficient (Wildman–Crippen LogP) is 4.72. The van der Waals surface area contributed by atoms with Gasteiger partial charge in [0, 0.05) is 10.6 Å². The van der Waals surface area contributed by atoms with Gasteiger partial charge in [0.15, 0.2) is 6.29 Å². The van der Waals surface area contributed by atoms with E-state index in [2.05, 4.69) is 4.74 Å². The van der Waals surface area contributed by atoms with Gasteiger partial charge < -0.3 is 4.74 Å². The summed E-state index contributed by atoms with van der Waals surface area (Å²) in [6, 6.07) is 9.97. The van der Waals surface area contributed by atoms with Crippen LogP contribution in [0.25, 0.3) is 11.1 Å². The molecule has 2 aromatic carbocycles. The van der Waals surface area contributed by atoms with Gasteiger partial charge in [0.1, 0.15) is 5.75 Å². The van der Waals surface area contributed by atoms with E-state index in [0.29, 0.717) is 28.0 Å². The molecule has 2 nitrogen and oxygen atoms in total. The number of aldehydes is 1. The second-order valence-electron chi connectivity index (χ2n) is 3.93. The Balaban J connectivity index is 2.43. The van der Waals surface area contributed by atoms with Crippen LogP contribution in [0.2, 0.25) is 5.02 Å². The van der Waals surface area contributed by atoms with Crippen LogP contribution in [-0.2, 0) is 0 Å². The van der Waals surface area contributed by atoms with Crippen LogP contribution in [0.1, 0.15) is 10.4 Å². The molecule has 6 heteroatoms. The summed E-state index contributed by atoms with van der Waals surface area (Å²) in [6.45, 7) is 0. The highest BCUT2D eigenvalue weighted by Gasteiger charge is 2.31. The number of carbonyl (C=O) groups is 1. The topological polar surface area (TPSA) is 26.3 Å². The van der Waals surface area contributed by atoms with E-state index in [9.17, 15) is 18.0 Å². The normalized spacial score (nSPS) is 11.2. The first kappa shape index (κ1) is 14.4. The van der Waals surface area contributed by atoms with E-state index in [-0.39, 0.29) is 5.75 Å². The van der Waals surface area contributed by atoms with E-state index in [1.807, 2.05) is 0 Å². The van der Waals surface area contributed by atoms with Gasteiger partial charge in [-0.05, 0) is 35.4 Å². The first-order valence-electron chi connectivity index (χ1n) is 5.50. The summed E-state index contributed by atoms with van der Waals surface area (Å²) in [5, 5.41) is 0.374. The van der Waals surface area contributed by atoms with Gasteiger partial charge in [-0.3, -0.25) is 4.79 Å². The van der Waals surface area contributed by atoms with Gasteiger partial charge in [-0.2, -0.15) is 0 Å². The van der Waals surface area contributed by atoms with E-state index in [0.717, 1.165) is 0 Å². The quantitative estimate of drug-likeness (QED) is 0.767. The molecule has 20 heavy (non-hydrogen) atoms. The first-order chi connectivity index (χ1) is 9.39. The molecule has 0 saturated heterocycles. The Hall–Kier alpha value is -2.01. The van der Waals surface area contributed by atoms with Gasteiger partial charge in [0.05, 0.1) is 0 Å². The van der Waals surface area contributed by atoms with Gasteiger partial charge in [0.25, 0.3) is 0 Å². The zero-order chi connectivity index (χ0) is 14.8. The molecular weight excluding hydrogens is 293 g/mol. The molecule has 0 unspecified atom stereocenters. The van der Waals surface area contributed by atoms with E-state index < -0.39 is 6.36 Å². The third-order valence-electron chi connectivity index (χ3n) is 2.52. The molecule has 0 spiro atoms. The highest BCUT2D eigenvalue weighted by molar-refractivity contribution is 6.31. The molecule has 0 atom stereocenters. The average Bonchev–Trinajstić information content (AvgIpc) is 2.36. The SMILES string of the molecule is O=Cc1cc(Cl)ccc1-c1cccc(OC(F)(F)F)c1. The fourth-order valence-corrected chi connectivity index (χ4v) is 1.94. The summed E-state index contributed by atoms with van der Waals surface area (Å²) in [7, 11) is 0. The number of hydrogen-bond donors (Lipinski definition) is 0. The molecule has 0 bridgehead atoms. The number of halogens is 4. The number of ether oxygens (including phenoxy) is 1. The fourth-order valence-electron chi connectivity index (χ4n) is 1.75. The van der Waals surface area contributed by atoms with Gasteiger partial charge in [0.2, 0.25) is 0 Å². The van der Waals surface area contributed by atoms with Gasteiger partial charge in [-0.25, -0.2) is 0 Å². The van der Waals surface area contributed by atoms with Crippen molar-refractivity contribution in [3.8, 4) is 16.9 Å². The molecule has 2 rings (SSSR count). The third-order valence-corrected chi connectivity index (χ3v) is 2.75. The first-order valence-corrected chi connectivity index (χ1v) is 5.88. The van der Waals surface area contributed by atoms with Crippen molar-refractivity contribution < 1.29 is 22.7 Å². The van der Waals surface area contributed by atoms with Crippen molar-refractivity contribution >= 4 is 17.9 Å². The van der Waals surface area contributed by atoms with Crippen molar-refractivity contribution in [2.45, 2.75) is 6.36 Å². The Bertz CT molecular complexity index is 639.